The van der Waals surface area contributed by atoms with Crippen LogP contribution in [-0.4, -0.2) is 16.6 Å². The number of anilines is 1. The number of nitrogens with one attached hydrogen (secondary N) is 2. The lowest BCUT2D eigenvalue weighted by molar-refractivity contribution is -0.113. The molecule has 2 aromatic heterocycles. The summed E-state index contributed by atoms with van der Waals surface area (Å²) >= 11 is 1.53. The molecule has 0 aliphatic rings. The maximum Gasteiger partial charge on any atom is 0.234 e. The average Bonchev–Trinajstić information content (AvgIpc) is 3.08. The van der Waals surface area contributed by atoms with Crippen molar-refractivity contribution < 1.29 is 9.21 Å². The van der Waals surface area contributed by atoms with Crippen molar-refractivity contribution in [3.8, 4) is 0 Å². The van der Waals surface area contributed by atoms with Gasteiger partial charge in [0.2, 0.25) is 5.91 Å². The molecule has 0 atom stereocenters. The predicted octanol–water partition coefficient (Wildman–Crippen LogP) is 3.63. The van der Waals surface area contributed by atoms with Crippen molar-refractivity contribution in [2.75, 3.05) is 11.1 Å². The number of carbonyl (C=O) groups excluding carboxylic acids is 1. The third-order valence-corrected chi connectivity index (χ3v) is 3.85. The number of rotatable bonds is 5. The molecule has 0 saturated carbocycles. The van der Waals surface area contributed by atoms with Crippen molar-refractivity contribution in [3.63, 3.8) is 0 Å². The number of H-pyrrole nitrogens is 1. The topological polar surface area (TPSA) is 58.0 Å². The van der Waals surface area contributed by atoms with Gasteiger partial charge in [0.1, 0.15) is 5.76 Å². The molecule has 0 saturated heterocycles. The maximum absolute atomic E-state index is 11.8. The monoisotopic (exact) mass is 286 g/mol. The number of carbonyl (C=O) groups is 1. The zero-order chi connectivity index (χ0) is 13.8. The number of benzene rings is 1. The molecule has 2 heterocycles. The highest BCUT2D eigenvalue weighted by molar-refractivity contribution is 7.99. The zero-order valence-electron chi connectivity index (χ0n) is 10.8. The molecule has 0 unspecified atom stereocenters. The van der Waals surface area contributed by atoms with Crippen molar-refractivity contribution in [2.24, 2.45) is 0 Å². The number of fused-ring (bicyclic) bond motifs is 1. The molecule has 0 bridgehead atoms. The fourth-order valence-electron chi connectivity index (χ4n) is 1.96. The molecule has 2 N–H and O–H groups in total. The van der Waals surface area contributed by atoms with Gasteiger partial charge in [-0.1, -0.05) is 6.07 Å². The summed E-state index contributed by atoms with van der Waals surface area (Å²) in [7, 11) is 0. The predicted molar refractivity (Wildman–Crippen MR) is 81.8 cm³/mol. The highest BCUT2D eigenvalue weighted by atomic mass is 32.2. The molecule has 0 aliphatic heterocycles. The SMILES string of the molecule is O=C(CSCc1ccco1)Nc1ccc2cc[nH]c2c1. The third-order valence-electron chi connectivity index (χ3n) is 2.90. The summed E-state index contributed by atoms with van der Waals surface area (Å²) in [6.45, 7) is 0. The number of hydrogen-bond donors (Lipinski definition) is 2. The lowest BCUT2D eigenvalue weighted by Gasteiger charge is -2.05. The van der Waals surface area contributed by atoms with Crippen LogP contribution >= 0.6 is 11.8 Å². The van der Waals surface area contributed by atoms with Crippen LogP contribution in [0.15, 0.2) is 53.3 Å². The Hall–Kier alpha value is -2.14. The molecule has 102 valence electrons. The number of aromatic nitrogens is 1. The number of thioether (sulfide) groups is 1. The van der Waals surface area contributed by atoms with Gasteiger partial charge >= 0.3 is 0 Å². The summed E-state index contributed by atoms with van der Waals surface area (Å²) in [5.74, 6) is 1.99. The lowest BCUT2D eigenvalue weighted by Crippen LogP contribution is -2.14. The van der Waals surface area contributed by atoms with Crippen molar-refractivity contribution in [1.82, 2.24) is 4.98 Å². The van der Waals surface area contributed by atoms with Crippen molar-refractivity contribution in [1.29, 1.82) is 0 Å². The lowest BCUT2D eigenvalue weighted by atomic mass is 10.2. The van der Waals surface area contributed by atoms with E-state index in [-0.39, 0.29) is 5.91 Å². The second-order valence-electron chi connectivity index (χ2n) is 4.40. The minimum atomic E-state index is -0.00698. The standard InChI is InChI=1S/C15H14N2O2S/c18-15(10-20-9-13-2-1-7-19-13)17-12-4-3-11-5-6-16-14(11)8-12/h1-8,16H,9-10H2,(H,17,18). The van der Waals surface area contributed by atoms with Crippen LogP contribution < -0.4 is 5.32 Å². The van der Waals surface area contributed by atoms with Crippen LogP contribution in [0, 0.1) is 0 Å². The minimum absolute atomic E-state index is 0.00698. The van der Waals surface area contributed by atoms with Gasteiger partial charge in [0, 0.05) is 17.4 Å². The van der Waals surface area contributed by atoms with Gasteiger partial charge in [0.15, 0.2) is 0 Å². The molecule has 0 aliphatic carbocycles. The molecule has 1 amide bonds. The third kappa shape index (κ3) is 3.05. The Labute approximate surface area is 120 Å². The van der Waals surface area contributed by atoms with Crippen LogP contribution in [-0.2, 0) is 10.5 Å². The number of hydrogen-bond acceptors (Lipinski definition) is 3. The van der Waals surface area contributed by atoms with Crippen LogP contribution in [0.5, 0.6) is 0 Å². The van der Waals surface area contributed by atoms with E-state index in [1.807, 2.05) is 42.6 Å². The number of furan rings is 1. The molecule has 5 heteroatoms. The van der Waals surface area contributed by atoms with Gasteiger partial charge in [-0.25, -0.2) is 0 Å². The fraction of sp³-hybridized carbons (Fsp3) is 0.133. The summed E-state index contributed by atoms with van der Waals surface area (Å²) in [6.07, 6.45) is 3.52. The molecule has 0 radical (unpaired) electrons. The van der Waals surface area contributed by atoms with Gasteiger partial charge in [-0.3, -0.25) is 4.79 Å². The van der Waals surface area contributed by atoms with Gasteiger partial charge in [0.05, 0.1) is 17.8 Å². The highest BCUT2D eigenvalue weighted by Gasteiger charge is 2.05. The van der Waals surface area contributed by atoms with Crippen LogP contribution in [0.2, 0.25) is 0 Å². The van der Waals surface area contributed by atoms with E-state index in [1.54, 1.807) is 6.26 Å². The van der Waals surface area contributed by atoms with Crippen LogP contribution in [0.3, 0.4) is 0 Å². The summed E-state index contributed by atoms with van der Waals surface area (Å²) in [6, 6.07) is 11.6. The molecular weight excluding hydrogens is 272 g/mol. The molecule has 3 rings (SSSR count). The quantitative estimate of drug-likeness (QED) is 0.753. The molecule has 4 nitrogen and oxygen atoms in total. The first-order chi connectivity index (χ1) is 9.81. The summed E-state index contributed by atoms with van der Waals surface area (Å²) in [5, 5.41) is 4.03. The molecule has 1 aromatic carbocycles. The second kappa shape index (κ2) is 5.88. The minimum Gasteiger partial charge on any atom is -0.468 e. The summed E-state index contributed by atoms with van der Waals surface area (Å²) in [4.78, 5) is 15.0. The first kappa shape index (κ1) is 12.9. The van der Waals surface area contributed by atoms with Gasteiger partial charge in [-0.05, 0) is 35.7 Å². The van der Waals surface area contributed by atoms with Crippen LogP contribution in [0.1, 0.15) is 5.76 Å². The largest absolute Gasteiger partial charge is 0.468 e. The fourth-order valence-corrected chi connectivity index (χ4v) is 2.69. The second-order valence-corrected chi connectivity index (χ2v) is 5.39. The molecular formula is C15H14N2O2S. The van der Waals surface area contributed by atoms with Crippen molar-refractivity contribution in [3.05, 3.63) is 54.6 Å². The molecule has 20 heavy (non-hydrogen) atoms. The van der Waals surface area contributed by atoms with E-state index < -0.39 is 0 Å². The first-order valence-corrected chi connectivity index (χ1v) is 7.44. The Kier molecular flexibility index (Phi) is 3.78. The van der Waals surface area contributed by atoms with Gasteiger partial charge in [0.25, 0.3) is 0 Å². The van der Waals surface area contributed by atoms with E-state index in [2.05, 4.69) is 10.3 Å². The zero-order valence-corrected chi connectivity index (χ0v) is 11.6. The summed E-state index contributed by atoms with van der Waals surface area (Å²) in [5.41, 5.74) is 1.83. The normalized spacial score (nSPS) is 10.8. The van der Waals surface area contributed by atoms with Crippen molar-refractivity contribution in [2.45, 2.75) is 5.75 Å². The Balaban J connectivity index is 1.52. The number of amides is 1. The Morgan fingerprint density at radius 2 is 2.25 bits per heavy atom. The van der Waals surface area contributed by atoms with E-state index in [1.165, 1.54) is 11.8 Å². The Morgan fingerprint density at radius 3 is 3.10 bits per heavy atom. The van der Waals surface area contributed by atoms with Gasteiger partial charge in [-0.2, -0.15) is 0 Å². The van der Waals surface area contributed by atoms with E-state index in [9.17, 15) is 4.79 Å². The van der Waals surface area contributed by atoms with E-state index in [4.69, 9.17) is 4.42 Å². The van der Waals surface area contributed by atoms with E-state index >= 15 is 0 Å². The molecule has 0 spiro atoms. The van der Waals surface area contributed by atoms with Gasteiger partial charge in [-0.15, -0.1) is 11.8 Å². The molecule has 0 fully saturated rings. The smallest absolute Gasteiger partial charge is 0.234 e. The summed E-state index contributed by atoms with van der Waals surface area (Å²) < 4.78 is 5.22. The molecule has 3 aromatic rings. The first-order valence-electron chi connectivity index (χ1n) is 6.28. The highest BCUT2D eigenvalue weighted by Crippen LogP contribution is 2.18. The van der Waals surface area contributed by atoms with Crippen LogP contribution in [0.25, 0.3) is 10.9 Å². The van der Waals surface area contributed by atoms with E-state index in [0.717, 1.165) is 22.4 Å². The number of aromatic amines is 1. The van der Waals surface area contributed by atoms with Gasteiger partial charge < -0.3 is 14.7 Å². The van der Waals surface area contributed by atoms with E-state index in [0.29, 0.717) is 11.5 Å². The van der Waals surface area contributed by atoms with Crippen LogP contribution in [0.4, 0.5) is 5.69 Å². The Morgan fingerprint density at radius 1 is 1.30 bits per heavy atom. The van der Waals surface area contributed by atoms with Crippen molar-refractivity contribution >= 4 is 34.3 Å². The maximum atomic E-state index is 11.8. The Bertz CT molecular complexity index is 704. The average molecular weight is 286 g/mol.